The van der Waals surface area contributed by atoms with Crippen molar-refractivity contribution in [3.8, 4) is 0 Å². The average molecular weight is 263 g/mol. The van der Waals surface area contributed by atoms with E-state index in [9.17, 15) is 0 Å². The minimum absolute atomic E-state index is 0.526. The Morgan fingerprint density at radius 1 is 1.32 bits per heavy atom. The second kappa shape index (κ2) is 8.23. The van der Waals surface area contributed by atoms with Gasteiger partial charge in [0.05, 0.1) is 11.8 Å². The van der Waals surface area contributed by atoms with Crippen LogP contribution in [0.5, 0.6) is 0 Å². The van der Waals surface area contributed by atoms with E-state index in [1.54, 1.807) is 0 Å². The van der Waals surface area contributed by atoms with Gasteiger partial charge in [-0.05, 0) is 38.8 Å². The standard InChI is InChI=1S/C15H25N3O/c1-13-17-10-8-14(18-13)12-16-9-5-11-19-15-6-3-2-4-7-15/h8,10,15-16H,2-7,9,11-12H2,1H3. The highest BCUT2D eigenvalue weighted by Gasteiger charge is 2.12. The van der Waals surface area contributed by atoms with Crippen LogP contribution < -0.4 is 5.32 Å². The summed E-state index contributed by atoms with van der Waals surface area (Å²) in [5.41, 5.74) is 1.06. The Morgan fingerprint density at radius 2 is 2.16 bits per heavy atom. The summed E-state index contributed by atoms with van der Waals surface area (Å²) in [7, 11) is 0. The van der Waals surface area contributed by atoms with Gasteiger partial charge in [0.25, 0.3) is 0 Å². The van der Waals surface area contributed by atoms with Gasteiger partial charge in [0.2, 0.25) is 0 Å². The number of rotatable bonds is 7. The quantitative estimate of drug-likeness (QED) is 0.768. The van der Waals surface area contributed by atoms with Gasteiger partial charge in [0.1, 0.15) is 5.82 Å². The third-order valence-corrected chi connectivity index (χ3v) is 3.54. The van der Waals surface area contributed by atoms with E-state index in [0.717, 1.165) is 37.6 Å². The molecular formula is C15H25N3O. The molecule has 0 atom stereocenters. The van der Waals surface area contributed by atoms with Gasteiger partial charge >= 0.3 is 0 Å². The first-order chi connectivity index (χ1) is 9.34. The van der Waals surface area contributed by atoms with Crippen molar-refractivity contribution in [3.63, 3.8) is 0 Å². The Balaban J connectivity index is 1.50. The minimum Gasteiger partial charge on any atom is -0.378 e. The summed E-state index contributed by atoms with van der Waals surface area (Å²) < 4.78 is 5.89. The maximum Gasteiger partial charge on any atom is 0.125 e. The average Bonchev–Trinajstić information content (AvgIpc) is 2.44. The maximum atomic E-state index is 5.89. The molecule has 1 saturated carbocycles. The fraction of sp³-hybridized carbons (Fsp3) is 0.733. The Kier molecular flexibility index (Phi) is 6.24. The van der Waals surface area contributed by atoms with Gasteiger partial charge in [-0.25, -0.2) is 9.97 Å². The molecule has 4 heteroatoms. The van der Waals surface area contributed by atoms with Crippen LogP contribution in [-0.2, 0) is 11.3 Å². The Hall–Kier alpha value is -1.00. The first kappa shape index (κ1) is 14.4. The van der Waals surface area contributed by atoms with Gasteiger partial charge in [-0.1, -0.05) is 19.3 Å². The zero-order chi connectivity index (χ0) is 13.3. The van der Waals surface area contributed by atoms with Crippen LogP contribution in [0.1, 0.15) is 50.0 Å². The predicted octanol–water partition coefficient (Wildman–Crippen LogP) is 2.61. The van der Waals surface area contributed by atoms with Crippen molar-refractivity contribution in [2.24, 2.45) is 0 Å². The maximum absolute atomic E-state index is 5.89. The molecule has 0 aromatic carbocycles. The van der Waals surface area contributed by atoms with E-state index in [1.165, 1.54) is 32.1 Å². The molecule has 1 aromatic heterocycles. The van der Waals surface area contributed by atoms with Crippen molar-refractivity contribution in [1.29, 1.82) is 0 Å². The molecule has 1 aliphatic rings. The first-order valence-corrected chi connectivity index (χ1v) is 7.45. The molecule has 0 saturated heterocycles. The van der Waals surface area contributed by atoms with Crippen molar-refractivity contribution in [2.75, 3.05) is 13.2 Å². The Morgan fingerprint density at radius 3 is 2.95 bits per heavy atom. The lowest BCUT2D eigenvalue weighted by Crippen LogP contribution is -2.21. The number of aromatic nitrogens is 2. The number of hydrogen-bond donors (Lipinski definition) is 1. The summed E-state index contributed by atoms with van der Waals surface area (Å²) in [5.74, 6) is 0.833. The normalized spacial score (nSPS) is 16.7. The summed E-state index contributed by atoms with van der Waals surface area (Å²) in [5, 5.41) is 3.40. The third kappa shape index (κ3) is 5.66. The summed E-state index contributed by atoms with van der Waals surface area (Å²) >= 11 is 0. The van der Waals surface area contributed by atoms with E-state index in [2.05, 4.69) is 15.3 Å². The molecule has 4 nitrogen and oxygen atoms in total. The fourth-order valence-electron chi connectivity index (χ4n) is 2.50. The second-order valence-electron chi connectivity index (χ2n) is 5.26. The van der Waals surface area contributed by atoms with E-state index >= 15 is 0 Å². The molecule has 0 spiro atoms. The van der Waals surface area contributed by atoms with Gasteiger partial charge in [-0.3, -0.25) is 0 Å². The molecule has 106 valence electrons. The van der Waals surface area contributed by atoms with Crippen molar-refractivity contribution >= 4 is 0 Å². The van der Waals surface area contributed by atoms with Crippen LogP contribution in [0.15, 0.2) is 12.3 Å². The van der Waals surface area contributed by atoms with E-state index in [1.807, 2.05) is 19.2 Å². The van der Waals surface area contributed by atoms with Crippen LogP contribution in [0.4, 0.5) is 0 Å². The lowest BCUT2D eigenvalue weighted by atomic mass is 9.98. The van der Waals surface area contributed by atoms with E-state index in [-0.39, 0.29) is 0 Å². The SMILES string of the molecule is Cc1nccc(CNCCCOC2CCCCC2)n1. The van der Waals surface area contributed by atoms with Gasteiger partial charge in [-0.2, -0.15) is 0 Å². The zero-order valence-electron chi connectivity index (χ0n) is 11.9. The topological polar surface area (TPSA) is 47.0 Å². The fourth-order valence-corrected chi connectivity index (χ4v) is 2.50. The lowest BCUT2D eigenvalue weighted by Gasteiger charge is -2.21. The molecule has 19 heavy (non-hydrogen) atoms. The molecule has 1 heterocycles. The molecule has 0 bridgehead atoms. The Labute approximate surface area is 116 Å². The van der Waals surface area contributed by atoms with Gasteiger partial charge in [0.15, 0.2) is 0 Å². The molecule has 2 rings (SSSR count). The third-order valence-electron chi connectivity index (χ3n) is 3.54. The van der Waals surface area contributed by atoms with Crippen molar-refractivity contribution in [3.05, 3.63) is 23.8 Å². The molecule has 1 aliphatic carbocycles. The molecule has 0 radical (unpaired) electrons. The number of aryl methyl sites for hydroxylation is 1. The van der Waals surface area contributed by atoms with Crippen LogP contribution in [0.25, 0.3) is 0 Å². The van der Waals surface area contributed by atoms with Crippen LogP contribution in [-0.4, -0.2) is 29.2 Å². The molecule has 0 amide bonds. The number of nitrogens with one attached hydrogen (secondary N) is 1. The summed E-state index contributed by atoms with van der Waals surface area (Å²) in [6.07, 6.45) is 10.00. The second-order valence-corrected chi connectivity index (χ2v) is 5.26. The number of ether oxygens (including phenoxy) is 1. The molecule has 1 fully saturated rings. The van der Waals surface area contributed by atoms with E-state index in [4.69, 9.17) is 4.74 Å². The zero-order valence-corrected chi connectivity index (χ0v) is 11.9. The smallest absolute Gasteiger partial charge is 0.125 e. The van der Waals surface area contributed by atoms with Gasteiger partial charge in [-0.15, -0.1) is 0 Å². The monoisotopic (exact) mass is 263 g/mol. The van der Waals surface area contributed by atoms with Crippen LogP contribution in [0, 0.1) is 6.92 Å². The van der Waals surface area contributed by atoms with Gasteiger partial charge in [0, 0.05) is 19.3 Å². The number of nitrogens with zero attached hydrogens (tertiary/aromatic N) is 2. The molecule has 1 N–H and O–H groups in total. The number of hydrogen-bond acceptors (Lipinski definition) is 4. The largest absolute Gasteiger partial charge is 0.378 e. The van der Waals surface area contributed by atoms with Crippen molar-refractivity contribution < 1.29 is 4.74 Å². The summed E-state index contributed by atoms with van der Waals surface area (Å²) in [6.45, 7) is 4.59. The van der Waals surface area contributed by atoms with E-state index in [0.29, 0.717) is 6.10 Å². The molecular weight excluding hydrogens is 238 g/mol. The first-order valence-electron chi connectivity index (χ1n) is 7.45. The van der Waals surface area contributed by atoms with Crippen LogP contribution in [0.3, 0.4) is 0 Å². The van der Waals surface area contributed by atoms with Crippen molar-refractivity contribution in [1.82, 2.24) is 15.3 Å². The molecule has 1 aromatic rings. The highest BCUT2D eigenvalue weighted by atomic mass is 16.5. The molecule has 0 unspecified atom stereocenters. The highest BCUT2D eigenvalue weighted by Crippen LogP contribution is 2.20. The predicted molar refractivity (Wildman–Crippen MR) is 75.9 cm³/mol. The Bertz CT molecular complexity index is 364. The van der Waals surface area contributed by atoms with Gasteiger partial charge < -0.3 is 10.1 Å². The van der Waals surface area contributed by atoms with Crippen LogP contribution >= 0.6 is 0 Å². The molecule has 0 aliphatic heterocycles. The van der Waals surface area contributed by atoms with E-state index < -0.39 is 0 Å². The summed E-state index contributed by atoms with van der Waals surface area (Å²) in [4.78, 5) is 8.45. The summed E-state index contributed by atoms with van der Waals surface area (Å²) in [6, 6.07) is 1.96. The lowest BCUT2D eigenvalue weighted by molar-refractivity contribution is 0.0273. The minimum atomic E-state index is 0.526. The van der Waals surface area contributed by atoms with Crippen molar-refractivity contribution in [2.45, 2.75) is 58.1 Å². The van der Waals surface area contributed by atoms with Crippen LogP contribution in [0.2, 0.25) is 0 Å². The highest BCUT2D eigenvalue weighted by molar-refractivity contribution is 5.00.